The highest BCUT2D eigenvalue weighted by Crippen LogP contribution is 2.05. The van der Waals surface area contributed by atoms with Crippen molar-refractivity contribution in [3.8, 4) is 0 Å². The highest BCUT2D eigenvalue weighted by molar-refractivity contribution is 7.98. The fraction of sp³-hybridized carbons (Fsp3) is 0.722. The second-order valence-corrected chi connectivity index (χ2v) is 8.76. The smallest absolute Gasteiger partial charge is 0.326 e. The molecule has 4 unspecified atom stereocenters. The molecule has 7 N–H and O–H groups in total. The molecule has 0 aromatic heterocycles. The van der Waals surface area contributed by atoms with Gasteiger partial charge in [-0.2, -0.15) is 23.5 Å². The van der Waals surface area contributed by atoms with Crippen LogP contribution in [0.5, 0.6) is 0 Å². The van der Waals surface area contributed by atoms with Crippen LogP contribution in [0.2, 0.25) is 0 Å². The van der Waals surface area contributed by atoms with Gasteiger partial charge in [0.05, 0.1) is 6.04 Å². The molecule has 0 bridgehead atoms. The third-order valence-corrected chi connectivity index (χ3v) is 5.51. The standard InChI is InChI=1S/C18H32N4O7S2/c1-10(20-16(26)11(19)6-8-30-2)15(25)21-12(7-9-31-3)17(27)22-13(18(28)29)4-5-14(23)24/h10-13H,4-9,19H2,1-3H3,(H,20,26)(H,21,25)(H,22,27)(H,23,24)(H,28,29). The van der Waals surface area contributed by atoms with Crippen molar-refractivity contribution in [3.05, 3.63) is 0 Å². The van der Waals surface area contributed by atoms with E-state index in [0.29, 0.717) is 17.9 Å². The Kier molecular flexibility index (Phi) is 14.7. The summed E-state index contributed by atoms with van der Waals surface area (Å²) in [5, 5.41) is 25.2. The molecule has 4 atom stereocenters. The second kappa shape index (κ2) is 15.8. The first-order valence-corrected chi connectivity index (χ1v) is 12.4. The molecule has 0 aliphatic heterocycles. The number of nitrogens with two attached hydrogens (primary N) is 1. The molecule has 11 nitrogen and oxygen atoms in total. The summed E-state index contributed by atoms with van der Waals surface area (Å²) in [6, 6.07) is -4.16. The van der Waals surface area contributed by atoms with E-state index in [-0.39, 0.29) is 12.8 Å². The third kappa shape index (κ3) is 12.5. The third-order valence-electron chi connectivity index (χ3n) is 4.23. The Bertz CT molecular complexity index is 636. The van der Waals surface area contributed by atoms with E-state index in [1.807, 2.05) is 12.5 Å². The van der Waals surface area contributed by atoms with E-state index in [9.17, 15) is 29.1 Å². The zero-order valence-electron chi connectivity index (χ0n) is 17.9. The molecule has 178 valence electrons. The number of hydrogen-bond acceptors (Lipinski definition) is 8. The summed E-state index contributed by atoms with van der Waals surface area (Å²) in [6.45, 7) is 1.45. The van der Waals surface area contributed by atoms with Crippen molar-refractivity contribution < 1.29 is 34.2 Å². The predicted molar refractivity (Wildman–Crippen MR) is 120 cm³/mol. The molecule has 0 aromatic carbocycles. The minimum atomic E-state index is -1.40. The summed E-state index contributed by atoms with van der Waals surface area (Å²) in [7, 11) is 0. The zero-order chi connectivity index (χ0) is 24.0. The summed E-state index contributed by atoms with van der Waals surface area (Å²) < 4.78 is 0. The molecule has 3 amide bonds. The molecule has 0 heterocycles. The van der Waals surface area contributed by atoms with Gasteiger partial charge in [-0.3, -0.25) is 19.2 Å². The predicted octanol–water partition coefficient (Wildman–Crippen LogP) is -0.756. The van der Waals surface area contributed by atoms with Crippen molar-refractivity contribution in [1.82, 2.24) is 16.0 Å². The van der Waals surface area contributed by atoms with Crippen molar-refractivity contribution >= 4 is 53.2 Å². The summed E-state index contributed by atoms with van der Waals surface area (Å²) in [6.07, 6.45) is 3.64. The fourth-order valence-electron chi connectivity index (χ4n) is 2.36. The van der Waals surface area contributed by atoms with Crippen LogP contribution in [-0.2, 0) is 24.0 Å². The molecule has 0 aromatic rings. The minimum absolute atomic E-state index is 0.220. The van der Waals surface area contributed by atoms with E-state index in [1.54, 1.807) is 11.8 Å². The lowest BCUT2D eigenvalue weighted by molar-refractivity contribution is -0.143. The molecule has 31 heavy (non-hydrogen) atoms. The highest BCUT2D eigenvalue weighted by atomic mass is 32.2. The van der Waals surface area contributed by atoms with E-state index in [0.717, 1.165) is 0 Å². The van der Waals surface area contributed by atoms with Crippen molar-refractivity contribution in [2.24, 2.45) is 5.73 Å². The maximum Gasteiger partial charge on any atom is 0.326 e. The van der Waals surface area contributed by atoms with Gasteiger partial charge in [-0.1, -0.05) is 0 Å². The molecule has 0 fully saturated rings. The largest absolute Gasteiger partial charge is 0.481 e. The van der Waals surface area contributed by atoms with Crippen LogP contribution >= 0.6 is 23.5 Å². The van der Waals surface area contributed by atoms with Crippen LogP contribution in [0.1, 0.15) is 32.6 Å². The van der Waals surface area contributed by atoms with Gasteiger partial charge in [0, 0.05) is 6.42 Å². The van der Waals surface area contributed by atoms with Gasteiger partial charge in [-0.15, -0.1) is 0 Å². The van der Waals surface area contributed by atoms with E-state index < -0.39 is 60.2 Å². The number of carbonyl (C=O) groups is 5. The first kappa shape index (κ1) is 29.0. The number of hydrogen-bond donors (Lipinski definition) is 6. The van der Waals surface area contributed by atoms with Crippen LogP contribution in [0, 0.1) is 0 Å². The highest BCUT2D eigenvalue weighted by Gasteiger charge is 2.28. The SMILES string of the molecule is CSCCC(N)C(=O)NC(C)C(=O)NC(CCSC)C(=O)NC(CCC(=O)O)C(=O)O. The summed E-state index contributed by atoms with van der Waals surface area (Å²) in [5.74, 6) is -3.21. The number of aliphatic carboxylic acids is 2. The first-order valence-electron chi connectivity index (χ1n) is 9.62. The number of rotatable bonds is 16. The molecule has 0 saturated carbocycles. The van der Waals surface area contributed by atoms with E-state index in [1.165, 1.54) is 18.7 Å². The van der Waals surface area contributed by atoms with Crippen LogP contribution in [0.4, 0.5) is 0 Å². The number of carbonyl (C=O) groups excluding carboxylic acids is 3. The topological polar surface area (TPSA) is 188 Å². The van der Waals surface area contributed by atoms with E-state index >= 15 is 0 Å². The summed E-state index contributed by atoms with van der Waals surface area (Å²) >= 11 is 2.97. The molecule has 0 rings (SSSR count). The zero-order valence-corrected chi connectivity index (χ0v) is 19.5. The van der Waals surface area contributed by atoms with Gasteiger partial charge in [0.1, 0.15) is 18.1 Å². The minimum Gasteiger partial charge on any atom is -0.481 e. The number of amides is 3. The molecule has 0 saturated heterocycles. The van der Waals surface area contributed by atoms with Gasteiger partial charge >= 0.3 is 11.9 Å². The molecule has 13 heteroatoms. The van der Waals surface area contributed by atoms with Gasteiger partial charge in [0.2, 0.25) is 17.7 Å². The van der Waals surface area contributed by atoms with Crippen LogP contribution in [0.25, 0.3) is 0 Å². The lowest BCUT2D eigenvalue weighted by Gasteiger charge is -2.23. The van der Waals surface area contributed by atoms with E-state index in [4.69, 9.17) is 10.8 Å². The lowest BCUT2D eigenvalue weighted by Crippen LogP contribution is -2.56. The molecular weight excluding hydrogens is 448 g/mol. The molecule has 0 aliphatic carbocycles. The monoisotopic (exact) mass is 480 g/mol. The number of thioether (sulfide) groups is 2. The van der Waals surface area contributed by atoms with Crippen molar-refractivity contribution in [1.29, 1.82) is 0 Å². The average Bonchev–Trinajstić information content (AvgIpc) is 2.71. The van der Waals surface area contributed by atoms with Gasteiger partial charge in [-0.05, 0) is 50.2 Å². The lowest BCUT2D eigenvalue weighted by atomic mass is 10.1. The van der Waals surface area contributed by atoms with Gasteiger partial charge in [0.25, 0.3) is 0 Å². The Labute approximate surface area is 190 Å². The number of nitrogens with one attached hydrogen (secondary N) is 3. The number of carboxylic acid groups (broad SMARTS) is 2. The normalized spacial score (nSPS) is 14.6. The van der Waals surface area contributed by atoms with E-state index in [2.05, 4.69) is 16.0 Å². The summed E-state index contributed by atoms with van der Waals surface area (Å²) in [4.78, 5) is 59.1. The van der Waals surface area contributed by atoms with Crippen molar-refractivity contribution in [2.45, 2.75) is 56.8 Å². The molecule has 0 spiro atoms. The van der Waals surface area contributed by atoms with Gasteiger partial charge in [0.15, 0.2) is 0 Å². The van der Waals surface area contributed by atoms with Crippen LogP contribution < -0.4 is 21.7 Å². The Balaban J connectivity index is 5.02. The van der Waals surface area contributed by atoms with Gasteiger partial charge < -0.3 is 31.9 Å². The van der Waals surface area contributed by atoms with Gasteiger partial charge in [-0.25, -0.2) is 4.79 Å². The Morgan fingerprint density at radius 3 is 1.87 bits per heavy atom. The maximum absolute atomic E-state index is 12.6. The Morgan fingerprint density at radius 2 is 1.35 bits per heavy atom. The maximum atomic E-state index is 12.6. The molecular formula is C18H32N4O7S2. The Morgan fingerprint density at radius 1 is 0.806 bits per heavy atom. The van der Waals surface area contributed by atoms with Crippen LogP contribution in [0.15, 0.2) is 0 Å². The number of carboxylic acids is 2. The summed E-state index contributed by atoms with van der Waals surface area (Å²) in [5.41, 5.74) is 5.78. The van der Waals surface area contributed by atoms with Crippen molar-refractivity contribution in [3.63, 3.8) is 0 Å². The van der Waals surface area contributed by atoms with Crippen molar-refractivity contribution in [2.75, 3.05) is 24.0 Å². The molecule has 0 aliphatic rings. The first-order chi connectivity index (χ1) is 14.5. The quantitative estimate of drug-likeness (QED) is 0.164. The average molecular weight is 481 g/mol. The Hall–Kier alpha value is -1.99. The molecule has 0 radical (unpaired) electrons. The second-order valence-electron chi connectivity index (χ2n) is 6.79. The van der Waals surface area contributed by atoms with Crippen LogP contribution in [0.3, 0.4) is 0 Å². The van der Waals surface area contributed by atoms with Crippen LogP contribution in [-0.4, -0.2) is 88.1 Å². The fourth-order valence-corrected chi connectivity index (χ4v) is 3.32.